The van der Waals surface area contributed by atoms with Gasteiger partial charge >= 0.3 is 0 Å². The van der Waals surface area contributed by atoms with E-state index in [1.165, 1.54) is 0 Å². The Morgan fingerprint density at radius 1 is 0.826 bits per heavy atom. The van der Waals surface area contributed by atoms with E-state index >= 15 is 0 Å². The number of aliphatic hydroxyl groups is 1. The van der Waals surface area contributed by atoms with Crippen LogP contribution in [0.25, 0.3) is 0 Å². The maximum Gasteiger partial charge on any atom is 0.157 e. The molecule has 1 fully saturated rings. The molecule has 0 unspecified atom stereocenters. The van der Waals surface area contributed by atoms with Crippen LogP contribution in [0.3, 0.4) is 0 Å². The molecule has 1 saturated heterocycles. The summed E-state index contributed by atoms with van der Waals surface area (Å²) < 4.78 is 17.2. The molecule has 3 atom stereocenters. The standard InChI is InChI=1S/C19H22O4/c20-19-11-17(21-12-15-7-3-1-4-8-15)18(14-23-19)22-13-16-9-5-2-6-10-16/h1-10,17-20H,11-14H2/t17-,18-,19+/m1/s1. The van der Waals surface area contributed by atoms with Gasteiger partial charge < -0.3 is 19.3 Å². The molecule has 1 aliphatic heterocycles. The largest absolute Gasteiger partial charge is 0.371 e. The molecule has 2 aromatic rings. The van der Waals surface area contributed by atoms with Gasteiger partial charge in [-0.1, -0.05) is 60.7 Å². The third kappa shape index (κ3) is 4.88. The van der Waals surface area contributed by atoms with E-state index in [9.17, 15) is 5.11 Å². The average molecular weight is 314 g/mol. The second-order valence-corrected chi connectivity index (χ2v) is 5.69. The molecule has 3 rings (SSSR count). The monoisotopic (exact) mass is 314 g/mol. The van der Waals surface area contributed by atoms with Crippen molar-refractivity contribution in [3.63, 3.8) is 0 Å². The fourth-order valence-corrected chi connectivity index (χ4v) is 2.62. The fraction of sp³-hybridized carbons (Fsp3) is 0.368. The zero-order valence-electron chi connectivity index (χ0n) is 13.0. The Bertz CT molecular complexity index is 572. The summed E-state index contributed by atoms with van der Waals surface area (Å²) >= 11 is 0. The quantitative estimate of drug-likeness (QED) is 0.890. The molecule has 0 bridgehead atoms. The molecule has 1 heterocycles. The van der Waals surface area contributed by atoms with Crippen LogP contribution < -0.4 is 0 Å². The van der Waals surface area contributed by atoms with Crippen molar-refractivity contribution in [3.8, 4) is 0 Å². The molecule has 122 valence electrons. The highest BCUT2D eigenvalue weighted by Gasteiger charge is 2.32. The Morgan fingerprint density at radius 3 is 1.91 bits per heavy atom. The Morgan fingerprint density at radius 2 is 1.35 bits per heavy atom. The van der Waals surface area contributed by atoms with Crippen molar-refractivity contribution in [1.29, 1.82) is 0 Å². The van der Waals surface area contributed by atoms with Crippen LogP contribution in [0.1, 0.15) is 17.5 Å². The SMILES string of the molecule is O[C@@H]1C[C@@H](OCc2ccccc2)[C@H](OCc2ccccc2)CO1. The molecule has 4 heteroatoms. The van der Waals surface area contributed by atoms with E-state index in [1.54, 1.807) is 0 Å². The van der Waals surface area contributed by atoms with Crippen molar-refractivity contribution in [1.82, 2.24) is 0 Å². The Balaban J connectivity index is 1.55. The van der Waals surface area contributed by atoms with E-state index in [2.05, 4.69) is 0 Å². The number of aliphatic hydroxyl groups excluding tert-OH is 1. The van der Waals surface area contributed by atoms with Crippen molar-refractivity contribution in [2.45, 2.75) is 38.1 Å². The fourth-order valence-electron chi connectivity index (χ4n) is 2.62. The second-order valence-electron chi connectivity index (χ2n) is 5.69. The van der Waals surface area contributed by atoms with E-state index in [1.807, 2.05) is 60.7 Å². The smallest absolute Gasteiger partial charge is 0.157 e. The summed E-state index contributed by atoms with van der Waals surface area (Å²) in [6.07, 6.45) is -0.718. The maximum atomic E-state index is 9.72. The van der Waals surface area contributed by atoms with Crippen molar-refractivity contribution in [2.75, 3.05) is 6.61 Å². The predicted molar refractivity (Wildman–Crippen MR) is 86.6 cm³/mol. The van der Waals surface area contributed by atoms with Crippen LogP contribution in [0.5, 0.6) is 0 Å². The third-order valence-electron chi connectivity index (χ3n) is 3.92. The molecular weight excluding hydrogens is 292 g/mol. The van der Waals surface area contributed by atoms with Crippen LogP contribution in [-0.2, 0) is 27.4 Å². The lowest BCUT2D eigenvalue weighted by atomic mass is 10.1. The van der Waals surface area contributed by atoms with Crippen molar-refractivity contribution in [2.24, 2.45) is 0 Å². The van der Waals surface area contributed by atoms with Gasteiger partial charge in [-0.3, -0.25) is 0 Å². The number of hydrogen-bond donors (Lipinski definition) is 1. The van der Waals surface area contributed by atoms with Gasteiger partial charge in [-0.15, -0.1) is 0 Å². The van der Waals surface area contributed by atoms with Crippen molar-refractivity contribution in [3.05, 3.63) is 71.8 Å². The topological polar surface area (TPSA) is 47.9 Å². The molecule has 1 aliphatic rings. The summed E-state index contributed by atoms with van der Waals surface area (Å²) in [6, 6.07) is 20.0. The van der Waals surface area contributed by atoms with Gasteiger partial charge in [0.15, 0.2) is 6.29 Å². The summed E-state index contributed by atoms with van der Waals surface area (Å²) in [4.78, 5) is 0. The van der Waals surface area contributed by atoms with Crippen LogP contribution in [0.4, 0.5) is 0 Å². The molecule has 2 aromatic carbocycles. The minimum absolute atomic E-state index is 0.178. The van der Waals surface area contributed by atoms with Crippen molar-refractivity contribution < 1.29 is 19.3 Å². The molecule has 23 heavy (non-hydrogen) atoms. The van der Waals surface area contributed by atoms with Gasteiger partial charge in [0.05, 0.1) is 25.9 Å². The minimum atomic E-state index is -0.785. The van der Waals surface area contributed by atoms with Crippen molar-refractivity contribution >= 4 is 0 Å². The number of hydrogen-bond acceptors (Lipinski definition) is 4. The Labute approximate surface area is 136 Å². The summed E-state index contributed by atoms with van der Waals surface area (Å²) in [5, 5.41) is 9.72. The predicted octanol–water partition coefficient (Wildman–Crippen LogP) is 2.90. The van der Waals surface area contributed by atoms with Gasteiger partial charge in [0.2, 0.25) is 0 Å². The van der Waals surface area contributed by atoms with Gasteiger partial charge in [-0.25, -0.2) is 0 Å². The molecule has 0 amide bonds. The van der Waals surface area contributed by atoms with Gasteiger partial charge in [0.1, 0.15) is 6.10 Å². The van der Waals surface area contributed by atoms with Crippen LogP contribution in [0.15, 0.2) is 60.7 Å². The number of ether oxygens (including phenoxy) is 3. The van der Waals surface area contributed by atoms with Crippen LogP contribution in [0.2, 0.25) is 0 Å². The summed E-state index contributed by atoms with van der Waals surface area (Å²) in [7, 11) is 0. The summed E-state index contributed by atoms with van der Waals surface area (Å²) in [6.45, 7) is 1.35. The Kier molecular flexibility index (Phi) is 5.77. The molecular formula is C19H22O4. The molecule has 0 aliphatic carbocycles. The minimum Gasteiger partial charge on any atom is -0.371 e. The Hall–Kier alpha value is -1.72. The van der Waals surface area contributed by atoms with E-state index in [4.69, 9.17) is 14.2 Å². The lowest BCUT2D eigenvalue weighted by molar-refractivity contribution is -0.221. The maximum absolute atomic E-state index is 9.72. The van der Waals surface area contributed by atoms with E-state index < -0.39 is 6.29 Å². The highest BCUT2D eigenvalue weighted by atomic mass is 16.6. The number of benzene rings is 2. The van der Waals surface area contributed by atoms with E-state index in [0.29, 0.717) is 26.2 Å². The summed E-state index contributed by atoms with van der Waals surface area (Å²) in [5.74, 6) is 0. The lowest BCUT2D eigenvalue weighted by Crippen LogP contribution is -2.44. The highest BCUT2D eigenvalue weighted by Crippen LogP contribution is 2.21. The van der Waals surface area contributed by atoms with Gasteiger partial charge in [-0.05, 0) is 11.1 Å². The molecule has 1 N–H and O–H groups in total. The second kappa shape index (κ2) is 8.22. The highest BCUT2D eigenvalue weighted by molar-refractivity contribution is 5.14. The number of rotatable bonds is 6. The first kappa shape index (κ1) is 16.1. The van der Waals surface area contributed by atoms with Gasteiger partial charge in [0, 0.05) is 6.42 Å². The first-order valence-electron chi connectivity index (χ1n) is 7.92. The molecule has 0 radical (unpaired) electrons. The molecule has 0 saturated carbocycles. The average Bonchev–Trinajstić information content (AvgIpc) is 2.61. The molecule has 0 aromatic heterocycles. The van der Waals surface area contributed by atoms with Crippen LogP contribution in [-0.4, -0.2) is 30.2 Å². The lowest BCUT2D eigenvalue weighted by Gasteiger charge is -2.34. The summed E-state index contributed by atoms with van der Waals surface area (Å²) in [5.41, 5.74) is 2.22. The van der Waals surface area contributed by atoms with Crippen LogP contribution in [0, 0.1) is 0 Å². The first-order chi connectivity index (χ1) is 11.3. The van der Waals surface area contributed by atoms with E-state index in [-0.39, 0.29) is 12.2 Å². The third-order valence-corrected chi connectivity index (χ3v) is 3.92. The zero-order chi connectivity index (χ0) is 15.9. The first-order valence-corrected chi connectivity index (χ1v) is 7.92. The molecule has 0 spiro atoms. The van der Waals surface area contributed by atoms with Gasteiger partial charge in [-0.2, -0.15) is 0 Å². The van der Waals surface area contributed by atoms with Crippen LogP contribution >= 0.6 is 0 Å². The normalized spacial score (nSPS) is 24.5. The van der Waals surface area contributed by atoms with E-state index in [0.717, 1.165) is 11.1 Å². The molecule has 4 nitrogen and oxygen atoms in total. The zero-order valence-corrected chi connectivity index (χ0v) is 13.0. The van der Waals surface area contributed by atoms with Gasteiger partial charge in [0.25, 0.3) is 0 Å².